The van der Waals surface area contributed by atoms with Gasteiger partial charge in [-0.05, 0) is 39.3 Å². The summed E-state index contributed by atoms with van der Waals surface area (Å²) in [6.07, 6.45) is 5.45. The zero-order valence-electron chi connectivity index (χ0n) is 21.3. The first-order chi connectivity index (χ1) is 18.3. The van der Waals surface area contributed by atoms with Crippen LogP contribution in [-0.4, -0.2) is 86.5 Å². The Labute approximate surface area is 234 Å². The summed E-state index contributed by atoms with van der Waals surface area (Å²) >= 11 is 9.22. The van der Waals surface area contributed by atoms with E-state index < -0.39 is 5.97 Å². The molecule has 38 heavy (non-hydrogen) atoms. The second-order valence-electron chi connectivity index (χ2n) is 9.77. The van der Waals surface area contributed by atoms with Crippen molar-refractivity contribution < 1.29 is 14.7 Å². The summed E-state index contributed by atoms with van der Waals surface area (Å²) in [5, 5.41) is 15.0. The molecular weight excluding hydrogens is 546 g/mol. The number of thiophene rings is 1. The normalized spacial score (nSPS) is 20.7. The molecule has 2 fully saturated rings. The van der Waals surface area contributed by atoms with Gasteiger partial charge in [-0.15, -0.1) is 11.3 Å². The number of hydrogen-bond acceptors (Lipinski definition) is 10. The van der Waals surface area contributed by atoms with Crippen LogP contribution < -0.4 is 10.2 Å². The van der Waals surface area contributed by atoms with Crippen molar-refractivity contribution in [2.75, 3.05) is 42.9 Å². The van der Waals surface area contributed by atoms with Crippen LogP contribution in [0.1, 0.15) is 42.1 Å². The molecule has 0 bridgehead atoms. The minimum atomic E-state index is -0.829. The van der Waals surface area contributed by atoms with E-state index in [0.717, 1.165) is 28.5 Å². The third-order valence-electron chi connectivity index (χ3n) is 6.99. The van der Waals surface area contributed by atoms with Crippen molar-refractivity contribution in [3.8, 4) is 10.6 Å². The zero-order valence-corrected chi connectivity index (χ0v) is 23.7. The number of nitrogens with zero attached hydrogens (tertiary/aromatic N) is 6. The molecule has 10 nitrogen and oxygen atoms in total. The first kappa shape index (κ1) is 26.9. The molecule has 0 aromatic carbocycles. The number of carboxylic acid groups (broad SMARTS) is 1. The van der Waals surface area contributed by atoms with E-state index in [0.29, 0.717) is 41.6 Å². The van der Waals surface area contributed by atoms with Crippen molar-refractivity contribution >= 4 is 57.1 Å². The summed E-state index contributed by atoms with van der Waals surface area (Å²) in [4.78, 5) is 46.2. The van der Waals surface area contributed by atoms with Crippen molar-refractivity contribution in [1.82, 2.24) is 24.8 Å². The van der Waals surface area contributed by atoms with Gasteiger partial charge >= 0.3 is 5.97 Å². The second kappa shape index (κ2) is 11.6. The first-order valence-electron chi connectivity index (χ1n) is 12.6. The van der Waals surface area contributed by atoms with Crippen molar-refractivity contribution in [2.45, 2.75) is 45.3 Å². The minimum absolute atomic E-state index is 0.0275. The number of anilines is 2. The van der Waals surface area contributed by atoms with Crippen LogP contribution in [0.25, 0.3) is 10.6 Å². The lowest BCUT2D eigenvalue weighted by atomic mass is 10.2. The van der Waals surface area contributed by atoms with E-state index in [1.54, 1.807) is 17.5 Å². The molecule has 13 heteroatoms. The molecule has 2 aliphatic heterocycles. The molecule has 1 amide bonds. The fourth-order valence-corrected chi connectivity index (χ4v) is 7.16. The largest absolute Gasteiger partial charge is 0.480 e. The summed E-state index contributed by atoms with van der Waals surface area (Å²) in [5.74, 6) is -0.531. The van der Waals surface area contributed by atoms with E-state index in [2.05, 4.69) is 32.0 Å². The maximum Gasteiger partial charge on any atom is 0.317 e. The molecule has 3 aromatic rings. The van der Waals surface area contributed by atoms with Gasteiger partial charge in [0.2, 0.25) is 0 Å². The van der Waals surface area contributed by atoms with Crippen LogP contribution in [0.2, 0.25) is 5.02 Å². The third-order valence-corrected chi connectivity index (χ3v) is 9.23. The Balaban J connectivity index is 1.28. The number of nitrogens with one attached hydrogen (secondary N) is 1. The van der Waals surface area contributed by atoms with E-state index in [1.165, 1.54) is 30.4 Å². The molecule has 5 rings (SSSR count). The lowest BCUT2D eigenvalue weighted by molar-refractivity contribution is -0.138. The van der Waals surface area contributed by atoms with Gasteiger partial charge in [0.05, 0.1) is 34.5 Å². The van der Waals surface area contributed by atoms with Gasteiger partial charge in [-0.3, -0.25) is 24.7 Å². The highest BCUT2D eigenvalue weighted by Crippen LogP contribution is 2.37. The molecule has 0 spiro atoms. The van der Waals surface area contributed by atoms with Crippen LogP contribution in [0.4, 0.5) is 10.9 Å². The smallest absolute Gasteiger partial charge is 0.317 e. The molecule has 2 saturated heterocycles. The van der Waals surface area contributed by atoms with Gasteiger partial charge in [0.25, 0.3) is 5.91 Å². The first-order valence-corrected chi connectivity index (χ1v) is 14.7. The summed E-state index contributed by atoms with van der Waals surface area (Å²) in [6, 6.07) is 2.51. The third kappa shape index (κ3) is 6.15. The fraction of sp³-hybridized carbons (Fsp3) is 0.480. The fourth-order valence-electron chi connectivity index (χ4n) is 5.01. The van der Waals surface area contributed by atoms with Gasteiger partial charge in [0.15, 0.2) is 5.13 Å². The number of carboxylic acids is 1. The summed E-state index contributed by atoms with van der Waals surface area (Å²) in [6.45, 7) is 8.03. The summed E-state index contributed by atoms with van der Waals surface area (Å²) in [7, 11) is 0. The number of carbonyl (C=O) groups excluding carboxylic acids is 1. The van der Waals surface area contributed by atoms with Gasteiger partial charge in [0.1, 0.15) is 11.5 Å². The van der Waals surface area contributed by atoms with Crippen molar-refractivity contribution in [1.29, 1.82) is 0 Å². The molecule has 2 aliphatic rings. The average Bonchev–Trinajstić information content (AvgIpc) is 3.59. The number of thiazole rings is 1. The molecule has 5 heterocycles. The minimum Gasteiger partial charge on any atom is -0.480 e. The lowest BCUT2D eigenvalue weighted by Gasteiger charge is -2.39. The molecule has 2 unspecified atom stereocenters. The SMILES string of the molecule is CC1CCCN1Cc1sc(NC(=O)c2cnc(N3CCN(CC(=O)O)CC3C)cn2)nc1-c1cc(Cl)cs1. The molecule has 3 aromatic heterocycles. The number of halogens is 1. The number of likely N-dealkylation sites (tertiary alicyclic amines) is 1. The van der Waals surface area contributed by atoms with E-state index in [1.807, 2.05) is 23.3 Å². The summed E-state index contributed by atoms with van der Waals surface area (Å²) in [5.41, 5.74) is 1.07. The Morgan fingerprint density at radius 1 is 1.18 bits per heavy atom. The predicted molar refractivity (Wildman–Crippen MR) is 150 cm³/mol. The number of aliphatic carboxylic acids is 1. The van der Waals surface area contributed by atoms with Gasteiger partial charge in [-0.25, -0.2) is 15.0 Å². The van der Waals surface area contributed by atoms with Gasteiger partial charge in [-0.1, -0.05) is 22.9 Å². The van der Waals surface area contributed by atoms with Crippen LogP contribution in [0, 0.1) is 0 Å². The van der Waals surface area contributed by atoms with Crippen LogP contribution in [0.5, 0.6) is 0 Å². The Morgan fingerprint density at radius 3 is 2.66 bits per heavy atom. The highest BCUT2D eigenvalue weighted by atomic mass is 35.5. The van der Waals surface area contributed by atoms with E-state index in [4.69, 9.17) is 21.7 Å². The number of carbonyl (C=O) groups is 2. The molecule has 2 atom stereocenters. The number of amides is 1. The Kier molecular flexibility index (Phi) is 8.24. The molecule has 0 radical (unpaired) electrons. The number of hydrogen-bond donors (Lipinski definition) is 2. The van der Waals surface area contributed by atoms with Crippen LogP contribution in [-0.2, 0) is 11.3 Å². The maximum atomic E-state index is 13.0. The predicted octanol–water partition coefficient (Wildman–Crippen LogP) is 4.15. The van der Waals surface area contributed by atoms with Crippen molar-refractivity contribution in [3.05, 3.63) is 39.4 Å². The second-order valence-corrected chi connectivity index (χ2v) is 12.2. The average molecular weight is 576 g/mol. The molecular formula is C25H30ClN7O3S2. The van der Waals surface area contributed by atoms with Gasteiger partial charge in [-0.2, -0.15) is 0 Å². The quantitative estimate of drug-likeness (QED) is 0.409. The van der Waals surface area contributed by atoms with Crippen LogP contribution in [0.3, 0.4) is 0 Å². The monoisotopic (exact) mass is 575 g/mol. The molecule has 2 N–H and O–H groups in total. The van der Waals surface area contributed by atoms with Crippen LogP contribution in [0.15, 0.2) is 23.8 Å². The number of piperazine rings is 1. The van der Waals surface area contributed by atoms with E-state index in [-0.39, 0.29) is 24.2 Å². The highest BCUT2D eigenvalue weighted by Gasteiger charge is 2.27. The highest BCUT2D eigenvalue weighted by molar-refractivity contribution is 7.17. The summed E-state index contributed by atoms with van der Waals surface area (Å²) < 4.78 is 0. The maximum absolute atomic E-state index is 13.0. The Morgan fingerprint density at radius 2 is 2.03 bits per heavy atom. The van der Waals surface area contributed by atoms with Crippen molar-refractivity contribution in [2.24, 2.45) is 0 Å². The molecule has 202 valence electrons. The van der Waals surface area contributed by atoms with E-state index >= 15 is 0 Å². The van der Waals surface area contributed by atoms with Crippen molar-refractivity contribution in [3.63, 3.8) is 0 Å². The number of aromatic nitrogens is 3. The Bertz CT molecular complexity index is 1300. The topological polar surface area (TPSA) is 115 Å². The molecule has 0 saturated carbocycles. The molecule has 0 aliphatic carbocycles. The zero-order chi connectivity index (χ0) is 26.8. The standard InChI is InChI=1S/C25H30ClN7O3S2/c1-15-4-3-5-32(15)12-20-23(19-8-17(26)14-37-19)29-25(38-20)30-24(36)18-9-28-21(10-27-18)33-7-6-31(11-16(33)2)13-22(34)35/h8-10,14-16H,3-7,11-13H2,1-2H3,(H,34,35)(H,29,30,36). The lowest BCUT2D eigenvalue weighted by Crippen LogP contribution is -2.53. The van der Waals surface area contributed by atoms with E-state index in [9.17, 15) is 9.59 Å². The Hall–Kier alpha value is -2.64. The van der Waals surface area contributed by atoms with Crippen LogP contribution >= 0.6 is 34.3 Å². The van der Waals surface area contributed by atoms with Gasteiger partial charge < -0.3 is 10.0 Å². The number of rotatable bonds is 8. The van der Waals surface area contributed by atoms with Gasteiger partial charge in [0, 0.05) is 48.5 Å².